The van der Waals surface area contributed by atoms with Crippen LogP contribution in [0.15, 0.2) is 42.9 Å². The number of hydrogen-bond acceptors (Lipinski definition) is 6. The second-order valence-corrected chi connectivity index (χ2v) is 10.2. The molecule has 8 nitrogen and oxygen atoms in total. The summed E-state index contributed by atoms with van der Waals surface area (Å²) in [5, 5.41) is 27.9. The molecule has 0 bridgehead atoms. The van der Waals surface area contributed by atoms with Crippen LogP contribution in [0.3, 0.4) is 0 Å². The van der Waals surface area contributed by atoms with Crippen molar-refractivity contribution in [2.45, 2.75) is 58.4 Å². The van der Waals surface area contributed by atoms with Crippen molar-refractivity contribution in [3.8, 4) is 11.1 Å². The van der Waals surface area contributed by atoms with Crippen molar-refractivity contribution in [1.82, 2.24) is 19.7 Å². The number of aliphatic hydroxyl groups is 1. The van der Waals surface area contributed by atoms with Crippen LogP contribution in [0.2, 0.25) is 0 Å². The molecule has 1 saturated carbocycles. The van der Waals surface area contributed by atoms with Crippen LogP contribution >= 0.6 is 0 Å². The first kappa shape index (κ1) is 25.6. The molecule has 0 aliphatic heterocycles. The summed E-state index contributed by atoms with van der Waals surface area (Å²) in [4.78, 5) is 19.0. The highest BCUT2D eigenvalue weighted by Gasteiger charge is 2.47. The number of benzene rings is 1. The van der Waals surface area contributed by atoms with E-state index in [9.17, 15) is 28.2 Å². The van der Waals surface area contributed by atoms with Gasteiger partial charge in [0.1, 0.15) is 5.69 Å². The van der Waals surface area contributed by atoms with Gasteiger partial charge < -0.3 is 15.5 Å². The predicted octanol–water partition coefficient (Wildman–Crippen LogP) is 5.05. The first-order chi connectivity index (χ1) is 16.7. The maximum Gasteiger partial charge on any atom is 0.433 e. The molecule has 192 valence electrons. The maximum atomic E-state index is 13.0. The van der Waals surface area contributed by atoms with E-state index in [1.165, 1.54) is 0 Å². The van der Waals surface area contributed by atoms with E-state index in [4.69, 9.17) is 0 Å². The molecule has 0 radical (unpaired) electrons. The van der Waals surface area contributed by atoms with Crippen LogP contribution < -0.4 is 5.32 Å². The van der Waals surface area contributed by atoms with E-state index in [0.29, 0.717) is 24.9 Å². The van der Waals surface area contributed by atoms with Gasteiger partial charge in [0.15, 0.2) is 0 Å². The molecule has 3 aromatic rings. The molecular formula is C25H28F3N5O3. The molecule has 1 aromatic carbocycles. The van der Waals surface area contributed by atoms with Crippen LogP contribution in [0, 0.1) is 18.3 Å². The fraction of sp³-hybridized carbons (Fsp3) is 0.440. The number of aryl methyl sites for hydroxylation is 1. The van der Waals surface area contributed by atoms with Crippen molar-refractivity contribution in [1.29, 1.82) is 0 Å². The molecular weight excluding hydrogens is 475 g/mol. The second kappa shape index (κ2) is 9.20. The first-order valence-corrected chi connectivity index (χ1v) is 11.5. The number of carbonyl (C=O) groups is 1. The minimum absolute atomic E-state index is 0.168. The number of nitrogens with zero attached hydrogens (tertiary/aromatic N) is 4. The van der Waals surface area contributed by atoms with Crippen LogP contribution in [-0.2, 0) is 17.5 Å². The molecule has 0 saturated heterocycles. The number of hydrogen-bond donors (Lipinski definition) is 3. The number of alkyl halides is 3. The number of rotatable bonds is 6. The standard InChI is InChI=1S/C25H28F3N5O3/c1-15-8-16(10-18(9-15)31-22-29-7-5-20(32-22)25(26,27)28)17-11-30-33(12-17)14-24(36)6-4-19(21(34)35)23(2,3)13-24/h5,7-12,19,36H,4,6,13-14H2,1-3H3,(H,34,35)(H,29,31,32)/t19-,24-/m1/s1. The lowest BCUT2D eigenvalue weighted by Gasteiger charge is -2.45. The number of carboxylic acids is 1. The van der Waals surface area contributed by atoms with E-state index in [0.717, 1.165) is 29.0 Å². The van der Waals surface area contributed by atoms with Gasteiger partial charge in [-0.25, -0.2) is 9.97 Å². The van der Waals surface area contributed by atoms with Crippen molar-refractivity contribution in [2.75, 3.05) is 5.32 Å². The SMILES string of the molecule is Cc1cc(Nc2nccc(C(F)(F)F)n2)cc(-c2cnn(C[C@@]3(O)CC[C@H](C(=O)O)C(C)(C)C3)c2)c1. The minimum atomic E-state index is -4.57. The summed E-state index contributed by atoms with van der Waals surface area (Å²) in [6.07, 6.45) is 0.994. The zero-order chi connectivity index (χ0) is 26.3. The fourth-order valence-corrected chi connectivity index (χ4v) is 5.08. The summed E-state index contributed by atoms with van der Waals surface area (Å²) in [5.41, 5.74) is 0.238. The quantitative estimate of drug-likeness (QED) is 0.431. The smallest absolute Gasteiger partial charge is 0.433 e. The monoisotopic (exact) mass is 503 g/mol. The largest absolute Gasteiger partial charge is 0.481 e. The second-order valence-electron chi connectivity index (χ2n) is 10.2. The Hall–Kier alpha value is -3.47. The van der Waals surface area contributed by atoms with Crippen LogP contribution in [0.1, 0.15) is 44.4 Å². The number of halogens is 3. The topological polar surface area (TPSA) is 113 Å². The number of anilines is 2. The lowest BCUT2D eigenvalue weighted by Crippen LogP contribution is -2.48. The number of aromatic nitrogens is 4. The van der Waals surface area contributed by atoms with Crippen molar-refractivity contribution >= 4 is 17.6 Å². The van der Waals surface area contributed by atoms with Crippen LogP contribution in [0.25, 0.3) is 11.1 Å². The fourth-order valence-electron chi connectivity index (χ4n) is 5.08. The average Bonchev–Trinajstić information content (AvgIpc) is 3.19. The highest BCUT2D eigenvalue weighted by molar-refractivity contribution is 5.71. The average molecular weight is 504 g/mol. The molecule has 0 spiro atoms. The Balaban J connectivity index is 1.52. The highest BCUT2D eigenvalue weighted by Crippen LogP contribution is 2.46. The van der Waals surface area contributed by atoms with Crippen molar-refractivity contribution in [2.24, 2.45) is 11.3 Å². The minimum Gasteiger partial charge on any atom is -0.481 e. The van der Waals surface area contributed by atoms with Gasteiger partial charge in [0.05, 0.1) is 24.3 Å². The Morgan fingerprint density at radius 2 is 2.00 bits per heavy atom. The van der Waals surface area contributed by atoms with Gasteiger partial charge in [-0.05, 0) is 60.9 Å². The third-order valence-electron chi connectivity index (χ3n) is 6.63. The zero-order valence-corrected chi connectivity index (χ0v) is 20.2. The van der Waals surface area contributed by atoms with Gasteiger partial charge in [-0.15, -0.1) is 0 Å². The molecule has 2 heterocycles. The maximum absolute atomic E-state index is 13.0. The number of nitrogens with one attached hydrogen (secondary N) is 1. The van der Waals surface area contributed by atoms with Crippen LogP contribution in [0.4, 0.5) is 24.8 Å². The molecule has 1 aliphatic rings. The molecule has 0 unspecified atom stereocenters. The van der Waals surface area contributed by atoms with E-state index in [1.807, 2.05) is 26.8 Å². The molecule has 2 atom stereocenters. The summed E-state index contributed by atoms with van der Waals surface area (Å²) in [7, 11) is 0. The normalized spacial score (nSPS) is 21.8. The van der Waals surface area contributed by atoms with Gasteiger partial charge in [-0.2, -0.15) is 18.3 Å². The van der Waals surface area contributed by atoms with Crippen molar-refractivity contribution in [3.05, 3.63) is 54.1 Å². The Morgan fingerprint density at radius 3 is 2.67 bits per heavy atom. The van der Waals surface area contributed by atoms with Crippen molar-refractivity contribution in [3.63, 3.8) is 0 Å². The summed E-state index contributed by atoms with van der Waals surface area (Å²) < 4.78 is 40.6. The highest BCUT2D eigenvalue weighted by atomic mass is 19.4. The van der Waals surface area contributed by atoms with Gasteiger partial charge >= 0.3 is 12.1 Å². The van der Waals surface area contributed by atoms with Crippen molar-refractivity contribution < 1.29 is 28.2 Å². The summed E-state index contributed by atoms with van der Waals surface area (Å²) in [6, 6.07) is 6.25. The Labute approximate surface area is 206 Å². The van der Waals surface area contributed by atoms with E-state index >= 15 is 0 Å². The predicted molar refractivity (Wildman–Crippen MR) is 126 cm³/mol. The molecule has 4 rings (SSSR count). The molecule has 11 heteroatoms. The van der Waals surface area contributed by atoms with E-state index in [1.54, 1.807) is 29.2 Å². The Kier molecular flexibility index (Phi) is 6.54. The summed E-state index contributed by atoms with van der Waals surface area (Å²) in [6.45, 7) is 5.80. The Morgan fingerprint density at radius 1 is 1.25 bits per heavy atom. The van der Waals surface area contributed by atoms with Gasteiger partial charge in [0.2, 0.25) is 5.95 Å². The summed E-state index contributed by atoms with van der Waals surface area (Å²) >= 11 is 0. The molecule has 1 aliphatic carbocycles. The van der Waals surface area contributed by atoms with E-state index in [-0.39, 0.29) is 12.5 Å². The first-order valence-electron chi connectivity index (χ1n) is 11.5. The number of aliphatic carboxylic acids is 1. The van der Waals surface area contributed by atoms with Gasteiger partial charge in [-0.1, -0.05) is 19.9 Å². The van der Waals surface area contributed by atoms with Crippen LogP contribution in [0.5, 0.6) is 0 Å². The zero-order valence-electron chi connectivity index (χ0n) is 20.2. The van der Waals surface area contributed by atoms with Crippen LogP contribution in [-0.4, -0.2) is 41.5 Å². The van der Waals surface area contributed by atoms with Gasteiger partial charge in [-0.3, -0.25) is 9.48 Å². The molecule has 36 heavy (non-hydrogen) atoms. The molecule has 3 N–H and O–H groups in total. The van der Waals surface area contributed by atoms with Gasteiger partial charge in [0.25, 0.3) is 0 Å². The molecule has 2 aromatic heterocycles. The third-order valence-corrected chi connectivity index (χ3v) is 6.63. The lowest BCUT2D eigenvalue weighted by molar-refractivity contribution is -0.154. The summed E-state index contributed by atoms with van der Waals surface area (Å²) in [5.74, 6) is -1.52. The van der Waals surface area contributed by atoms with Gasteiger partial charge in [0, 0.05) is 23.6 Å². The Bertz CT molecular complexity index is 1270. The lowest BCUT2D eigenvalue weighted by atomic mass is 9.63. The van der Waals surface area contributed by atoms with E-state index < -0.39 is 34.8 Å². The van der Waals surface area contributed by atoms with E-state index in [2.05, 4.69) is 20.4 Å². The third kappa shape index (κ3) is 5.67. The number of carboxylic acid groups (broad SMARTS) is 1. The molecule has 0 amide bonds. The molecule has 1 fully saturated rings.